The van der Waals surface area contributed by atoms with Gasteiger partial charge in [-0.05, 0) is 50.6 Å². The van der Waals surface area contributed by atoms with Gasteiger partial charge in [-0.2, -0.15) is 0 Å². The van der Waals surface area contributed by atoms with E-state index >= 15 is 0 Å². The van der Waals surface area contributed by atoms with Gasteiger partial charge in [0.1, 0.15) is 11.5 Å². The van der Waals surface area contributed by atoms with Gasteiger partial charge in [0, 0.05) is 11.3 Å². The maximum atomic E-state index is 12.9. The molecule has 0 atom stereocenters. The van der Waals surface area contributed by atoms with E-state index in [9.17, 15) is 18.8 Å². The lowest BCUT2D eigenvalue weighted by atomic mass is 10.1. The van der Waals surface area contributed by atoms with Gasteiger partial charge in [-0.3, -0.25) is 4.79 Å². The lowest BCUT2D eigenvalue weighted by Crippen LogP contribution is -2.15. The Balaban J connectivity index is 2.09. The van der Waals surface area contributed by atoms with E-state index in [0.717, 1.165) is 12.1 Å². The second kappa shape index (κ2) is 7.74. The van der Waals surface area contributed by atoms with Crippen LogP contribution in [0.4, 0.5) is 4.39 Å². The topological polar surface area (TPSA) is 85.5 Å². The molecule has 132 valence electrons. The van der Waals surface area contributed by atoms with E-state index in [1.54, 1.807) is 20.8 Å². The van der Waals surface area contributed by atoms with Crippen molar-refractivity contribution in [1.29, 1.82) is 0 Å². The molecule has 0 aliphatic heterocycles. The Kier molecular flexibility index (Phi) is 5.69. The lowest BCUT2D eigenvalue weighted by Gasteiger charge is -2.05. The monoisotopic (exact) mass is 347 g/mol. The van der Waals surface area contributed by atoms with Gasteiger partial charge in [-0.1, -0.05) is 0 Å². The lowest BCUT2D eigenvalue weighted by molar-refractivity contribution is 0.0473. The Morgan fingerprint density at radius 2 is 1.68 bits per heavy atom. The third-order valence-electron chi connectivity index (χ3n) is 3.62. The molecule has 1 aromatic heterocycles. The zero-order valence-electron chi connectivity index (χ0n) is 14.1. The number of nitrogens with one attached hydrogen (secondary N) is 1. The van der Waals surface area contributed by atoms with Gasteiger partial charge in [0.15, 0.2) is 12.4 Å². The van der Waals surface area contributed by atoms with Crippen LogP contribution in [0, 0.1) is 19.7 Å². The fraction of sp³-hybridized carbons (Fsp3) is 0.278. The number of hydrogen-bond acceptors (Lipinski definition) is 5. The van der Waals surface area contributed by atoms with Crippen LogP contribution in [-0.4, -0.2) is 35.9 Å². The van der Waals surface area contributed by atoms with Crippen molar-refractivity contribution in [3.8, 4) is 0 Å². The van der Waals surface area contributed by atoms with Gasteiger partial charge in [0.2, 0.25) is 0 Å². The quantitative estimate of drug-likeness (QED) is 0.641. The van der Waals surface area contributed by atoms with Gasteiger partial charge in [0.05, 0.1) is 12.2 Å². The molecule has 0 saturated heterocycles. The number of esters is 2. The molecule has 0 amide bonds. The molecule has 1 heterocycles. The first-order chi connectivity index (χ1) is 11.8. The summed E-state index contributed by atoms with van der Waals surface area (Å²) in [4.78, 5) is 38.9. The number of ether oxygens (including phenoxy) is 2. The summed E-state index contributed by atoms with van der Waals surface area (Å²) in [5.74, 6) is -2.20. The van der Waals surface area contributed by atoms with Crippen molar-refractivity contribution in [3.05, 3.63) is 58.2 Å². The average molecular weight is 347 g/mol. The van der Waals surface area contributed by atoms with Gasteiger partial charge in [-0.25, -0.2) is 14.0 Å². The number of aryl methyl sites for hydroxylation is 1. The maximum Gasteiger partial charge on any atom is 0.355 e. The molecular weight excluding hydrogens is 329 g/mol. The highest BCUT2D eigenvalue weighted by Crippen LogP contribution is 2.20. The fourth-order valence-corrected chi connectivity index (χ4v) is 2.39. The van der Waals surface area contributed by atoms with Gasteiger partial charge in [-0.15, -0.1) is 0 Å². The maximum absolute atomic E-state index is 12.9. The first-order valence-electron chi connectivity index (χ1n) is 7.67. The van der Waals surface area contributed by atoms with E-state index < -0.39 is 30.1 Å². The van der Waals surface area contributed by atoms with E-state index in [-0.39, 0.29) is 23.4 Å². The Morgan fingerprint density at radius 3 is 2.28 bits per heavy atom. The highest BCUT2D eigenvalue weighted by Gasteiger charge is 2.24. The van der Waals surface area contributed by atoms with Crippen LogP contribution in [0.1, 0.15) is 49.4 Å². The van der Waals surface area contributed by atoms with Crippen LogP contribution in [0.15, 0.2) is 24.3 Å². The molecule has 6 nitrogen and oxygen atoms in total. The zero-order chi connectivity index (χ0) is 18.6. The van der Waals surface area contributed by atoms with Crippen molar-refractivity contribution >= 4 is 17.7 Å². The standard InChI is InChI=1S/C18H18FNO5/c1-4-24-18(23)16-10(2)15(11(3)20-16)17(22)25-9-14(21)12-5-7-13(19)8-6-12/h5-8,20H,4,9H2,1-3H3. The molecule has 0 bridgehead atoms. The Labute approximate surface area is 143 Å². The number of aromatic nitrogens is 1. The minimum atomic E-state index is -0.725. The summed E-state index contributed by atoms with van der Waals surface area (Å²) in [5.41, 5.74) is 1.45. The van der Waals surface area contributed by atoms with Crippen molar-refractivity contribution in [3.63, 3.8) is 0 Å². The van der Waals surface area contributed by atoms with Crippen molar-refractivity contribution < 1.29 is 28.2 Å². The molecule has 1 N–H and O–H groups in total. The molecule has 2 rings (SSSR count). The van der Waals surface area contributed by atoms with E-state index in [2.05, 4.69) is 4.98 Å². The molecule has 7 heteroatoms. The molecule has 0 unspecified atom stereocenters. The van der Waals surface area contributed by atoms with Crippen molar-refractivity contribution in [2.75, 3.05) is 13.2 Å². The van der Waals surface area contributed by atoms with Gasteiger partial charge < -0.3 is 14.5 Å². The summed E-state index contributed by atoms with van der Waals surface area (Å²) in [5, 5.41) is 0. The number of Topliss-reactive ketones (excluding diaryl/α,β-unsaturated/α-hetero) is 1. The average Bonchev–Trinajstić information content (AvgIpc) is 2.88. The number of hydrogen-bond donors (Lipinski definition) is 1. The molecule has 25 heavy (non-hydrogen) atoms. The summed E-state index contributed by atoms with van der Waals surface area (Å²) in [6, 6.07) is 4.94. The Bertz CT molecular complexity index is 808. The number of carbonyl (C=O) groups excluding carboxylic acids is 3. The minimum Gasteiger partial charge on any atom is -0.461 e. The Morgan fingerprint density at radius 1 is 1.04 bits per heavy atom. The van der Waals surface area contributed by atoms with Crippen LogP contribution in [0.2, 0.25) is 0 Å². The molecule has 0 radical (unpaired) electrons. The molecule has 0 spiro atoms. The zero-order valence-corrected chi connectivity index (χ0v) is 14.1. The number of rotatable bonds is 6. The second-order valence-corrected chi connectivity index (χ2v) is 5.35. The van der Waals surface area contributed by atoms with Gasteiger partial charge >= 0.3 is 11.9 Å². The Hall–Kier alpha value is -2.96. The summed E-state index contributed by atoms with van der Waals surface area (Å²) in [6.45, 7) is 4.62. The van der Waals surface area contributed by atoms with Crippen LogP contribution < -0.4 is 0 Å². The van der Waals surface area contributed by atoms with E-state index in [1.807, 2.05) is 0 Å². The minimum absolute atomic E-state index is 0.177. The van der Waals surface area contributed by atoms with Crippen LogP contribution in [0.5, 0.6) is 0 Å². The third kappa shape index (κ3) is 4.12. The summed E-state index contributed by atoms with van der Waals surface area (Å²) < 4.78 is 22.8. The largest absolute Gasteiger partial charge is 0.461 e. The van der Waals surface area contributed by atoms with Crippen molar-refractivity contribution in [1.82, 2.24) is 4.98 Å². The number of H-pyrrole nitrogens is 1. The second-order valence-electron chi connectivity index (χ2n) is 5.35. The number of aromatic amines is 1. The molecule has 0 fully saturated rings. The smallest absolute Gasteiger partial charge is 0.355 e. The molecule has 0 aliphatic carbocycles. The van der Waals surface area contributed by atoms with Crippen LogP contribution >= 0.6 is 0 Å². The third-order valence-corrected chi connectivity index (χ3v) is 3.62. The highest BCUT2D eigenvalue weighted by molar-refractivity contribution is 6.01. The van der Waals surface area contributed by atoms with E-state index in [4.69, 9.17) is 9.47 Å². The summed E-state index contributed by atoms with van der Waals surface area (Å²) >= 11 is 0. The molecule has 1 aromatic carbocycles. The first kappa shape index (κ1) is 18.4. The molecule has 2 aromatic rings. The summed E-state index contributed by atoms with van der Waals surface area (Å²) in [6.07, 6.45) is 0. The van der Waals surface area contributed by atoms with Crippen LogP contribution in [-0.2, 0) is 9.47 Å². The van der Waals surface area contributed by atoms with Gasteiger partial charge in [0.25, 0.3) is 0 Å². The van der Waals surface area contributed by atoms with E-state index in [0.29, 0.717) is 11.3 Å². The summed E-state index contributed by atoms with van der Waals surface area (Å²) in [7, 11) is 0. The van der Waals surface area contributed by atoms with E-state index in [1.165, 1.54) is 12.1 Å². The number of carbonyl (C=O) groups is 3. The van der Waals surface area contributed by atoms with Crippen LogP contribution in [0.25, 0.3) is 0 Å². The SMILES string of the molecule is CCOC(=O)c1[nH]c(C)c(C(=O)OCC(=O)c2ccc(F)cc2)c1C. The van der Waals surface area contributed by atoms with Crippen LogP contribution in [0.3, 0.4) is 0 Å². The molecule has 0 saturated carbocycles. The normalized spacial score (nSPS) is 10.4. The molecule has 0 aliphatic rings. The fourth-order valence-electron chi connectivity index (χ4n) is 2.39. The van der Waals surface area contributed by atoms with Crippen molar-refractivity contribution in [2.45, 2.75) is 20.8 Å². The highest BCUT2D eigenvalue weighted by atomic mass is 19.1. The van der Waals surface area contributed by atoms with Crippen molar-refractivity contribution in [2.24, 2.45) is 0 Å². The predicted molar refractivity (Wildman–Crippen MR) is 87.2 cm³/mol. The molecular formula is C18H18FNO5. The number of ketones is 1. The number of benzene rings is 1. The number of halogens is 1. The predicted octanol–water partition coefficient (Wildman–Crippen LogP) is 2.99. The first-order valence-corrected chi connectivity index (χ1v) is 7.67.